The lowest BCUT2D eigenvalue weighted by molar-refractivity contribution is -0.386. The van der Waals surface area contributed by atoms with Gasteiger partial charge in [-0.3, -0.25) is 14.3 Å². The highest BCUT2D eigenvalue weighted by Gasteiger charge is 2.55. The Hall–Kier alpha value is -2.03. The quantitative estimate of drug-likeness (QED) is 0.233. The van der Waals surface area contributed by atoms with Crippen molar-refractivity contribution in [3.8, 4) is 5.75 Å². The maximum Gasteiger partial charge on any atom is 0.523 e. The van der Waals surface area contributed by atoms with Crippen LogP contribution in [0.3, 0.4) is 0 Å². The van der Waals surface area contributed by atoms with E-state index in [0.29, 0.717) is 0 Å². The van der Waals surface area contributed by atoms with E-state index in [1.807, 2.05) is 0 Å². The van der Waals surface area contributed by atoms with Crippen molar-refractivity contribution in [2.24, 2.45) is 0 Å². The molecule has 0 radical (unpaired) electrons. The van der Waals surface area contributed by atoms with Gasteiger partial charge < -0.3 is 14.2 Å². The minimum atomic E-state index is -5.86. The first-order valence-corrected chi connectivity index (χ1v) is 8.74. The standard InChI is InChI=1S/C13H11F4NO8S/c14-6-1-2-7(18(19)20)8(3-6)25-9-4-23-12-10(5-24-11(9)12)26-27(21,22)13(15,16)17/h1-3,9-12H,4-5H2/t9-,10+,11-,12-/m1/s1. The van der Waals surface area contributed by atoms with Gasteiger partial charge in [-0.15, -0.1) is 0 Å². The number of halogens is 4. The van der Waals surface area contributed by atoms with E-state index in [0.717, 1.165) is 18.2 Å². The molecule has 2 aliphatic rings. The Morgan fingerprint density at radius 2 is 1.74 bits per heavy atom. The van der Waals surface area contributed by atoms with Gasteiger partial charge in [-0.05, 0) is 6.07 Å². The van der Waals surface area contributed by atoms with Crippen LogP contribution in [0.25, 0.3) is 0 Å². The number of hydrogen-bond donors (Lipinski definition) is 0. The molecule has 0 spiro atoms. The molecular formula is C13H11F4NO8S. The summed E-state index contributed by atoms with van der Waals surface area (Å²) in [5.74, 6) is -1.24. The first kappa shape index (κ1) is 19.7. The minimum absolute atomic E-state index is 0.283. The molecule has 150 valence electrons. The summed E-state index contributed by atoms with van der Waals surface area (Å²) < 4.78 is 92.8. The van der Waals surface area contributed by atoms with Gasteiger partial charge in [0, 0.05) is 12.1 Å². The third kappa shape index (κ3) is 3.83. The van der Waals surface area contributed by atoms with Gasteiger partial charge >= 0.3 is 21.3 Å². The normalized spacial score (nSPS) is 28.1. The highest BCUT2D eigenvalue weighted by Crippen LogP contribution is 2.36. The summed E-state index contributed by atoms with van der Waals surface area (Å²) in [5, 5.41) is 11.0. The van der Waals surface area contributed by atoms with Crippen LogP contribution in [0.5, 0.6) is 5.75 Å². The zero-order chi connectivity index (χ0) is 20.0. The zero-order valence-corrected chi connectivity index (χ0v) is 13.9. The number of rotatable bonds is 5. The predicted octanol–water partition coefficient (Wildman–Crippen LogP) is 1.51. The minimum Gasteiger partial charge on any atom is -0.478 e. The van der Waals surface area contributed by atoms with Crippen molar-refractivity contribution in [2.75, 3.05) is 13.2 Å². The molecule has 0 unspecified atom stereocenters. The van der Waals surface area contributed by atoms with Crippen molar-refractivity contribution >= 4 is 15.8 Å². The van der Waals surface area contributed by atoms with Gasteiger partial charge in [0.15, 0.2) is 11.9 Å². The van der Waals surface area contributed by atoms with Crippen LogP contribution in [-0.2, 0) is 23.8 Å². The van der Waals surface area contributed by atoms with Crippen LogP contribution in [0, 0.1) is 15.9 Å². The molecule has 14 heteroatoms. The lowest BCUT2D eigenvalue weighted by Crippen LogP contribution is -2.38. The summed E-state index contributed by atoms with van der Waals surface area (Å²) in [7, 11) is -5.86. The molecule has 0 aromatic heterocycles. The Bertz CT molecular complexity index is 845. The van der Waals surface area contributed by atoms with Crippen LogP contribution in [0.2, 0.25) is 0 Å². The molecule has 2 saturated heterocycles. The molecule has 0 N–H and O–H groups in total. The van der Waals surface area contributed by atoms with Crippen molar-refractivity contribution in [1.82, 2.24) is 0 Å². The number of alkyl halides is 3. The smallest absolute Gasteiger partial charge is 0.478 e. The van der Waals surface area contributed by atoms with Crippen LogP contribution in [0.15, 0.2) is 18.2 Å². The van der Waals surface area contributed by atoms with Crippen molar-refractivity contribution < 1.29 is 49.3 Å². The fourth-order valence-electron chi connectivity index (χ4n) is 2.73. The van der Waals surface area contributed by atoms with E-state index in [4.69, 9.17) is 14.2 Å². The fourth-order valence-corrected chi connectivity index (χ4v) is 3.33. The third-order valence-corrected chi connectivity index (χ3v) is 4.96. The van der Waals surface area contributed by atoms with Crippen molar-refractivity contribution in [2.45, 2.75) is 29.9 Å². The molecule has 2 fully saturated rings. The van der Waals surface area contributed by atoms with E-state index in [9.17, 15) is 36.1 Å². The van der Waals surface area contributed by atoms with Gasteiger partial charge in [-0.25, -0.2) is 4.39 Å². The van der Waals surface area contributed by atoms with Crippen LogP contribution in [-0.4, -0.2) is 56.5 Å². The van der Waals surface area contributed by atoms with Crippen LogP contribution < -0.4 is 4.74 Å². The molecule has 0 bridgehead atoms. The van der Waals surface area contributed by atoms with Crippen molar-refractivity contribution in [1.29, 1.82) is 0 Å². The van der Waals surface area contributed by atoms with Gasteiger partial charge in [0.1, 0.15) is 24.1 Å². The van der Waals surface area contributed by atoms with Crippen LogP contribution in [0.1, 0.15) is 0 Å². The summed E-state index contributed by atoms with van der Waals surface area (Å²) in [5.41, 5.74) is -6.15. The van der Waals surface area contributed by atoms with Crippen molar-refractivity contribution in [3.63, 3.8) is 0 Å². The van der Waals surface area contributed by atoms with Gasteiger partial charge in [-0.2, -0.15) is 21.6 Å². The number of ether oxygens (including phenoxy) is 3. The lowest BCUT2D eigenvalue weighted by Gasteiger charge is -2.18. The number of nitrogens with zero attached hydrogens (tertiary/aromatic N) is 1. The third-order valence-electron chi connectivity index (χ3n) is 3.89. The SMILES string of the molecule is O=[N+]([O-])c1ccc(F)cc1O[C@@H]1CO[C@H]2[C@@H]1OC[C@@H]2OS(=O)(=O)C(F)(F)F. The fraction of sp³-hybridized carbons (Fsp3) is 0.538. The molecule has 1 aromatic rings. The van der Waals surface area contributed by atoms with Gasteiger partial charge in [0.25, 0.3) is 0 Å². The lowest BCUT2D eigenvalue weighted by atomic mass is 10.1. The second-order valence-electron chi connectivity index (χ2n) is 5.66. The molecule has 0 saturated carbocycles. The average molecular weight is 417 g/mol. The zero-order valence-electron chi connectivity index (χ0n) is 13.1. The van der Waals surface area contributed by atoms with E-state index in [1.54, 1.807) is 0 Å². The number of nitro benzene ring substituents is 1. The first-order valence-electron chi connectivity index (χ1n) is 7.33. The predicted molar refractivity (Wildman–Crippen MR) is 76.8 cm³/mol. The molecular weight excluding hydrogens is 406 g/mol. The summed E-state index contributed by atoms with van der Waals surface area (Å²) >= 11 is 0. The summed E-state index contributed by atoms with van der Waals surface area (Å²) in [6.07, 6.45) is -4.88. The summed E-state index contributed by atoms with van der Waals surface area (Å²) in [6.45, 7) is -0.815. The number of benzene rings is 1. The van der Waals surface area contributed by atoms with Gasteiger partial charge in [-0.1, -0.05) is 0 Å². The van der Waals surface area contributed by atoms with E-state index < -0.39 is 68.8 Å². The monoisotopic (exact) mass is 417 g/mol. The molecule has 1 aromatic carbocycles. The number of nitro groups is 1. The van der Waals surface area contributed by atoms with E-state index >= 15 is 0 Å². The summed E-state index contributed by atoms with van der Waals surface area (Å²) in [6, 6.07) is 2.51. The molecule has 2 aliphatic heterocycles. The largest absolute Gasteiger partial charge is 0.523 e. The highest BCUT2D eigenvalue weighted by atomic mass is 32.2. The summed E-state index contributed by atoms with van der Waals surface area (Å²) in [4.78, 5) is 10.2. The Morgan fingerprint density at radius 1 is 1.15 bits per heavy atom. The Kier molecular flexibility index (Phi) is 5.00. The van der Waals surface area contributed by atoms with E-state index in [-0.39, 0.29) is 6.61 Å². The van der Waals surface area contributed by atoms with Gasteiger partial charge in [0.05, 0.1) is 18.1 Å². The molecule has 4 atom stereocenters. The molecule has 0 amide bonds. The van der Waals surface area contributed by atoms with Crippen LogP contribution >= 0.6 is 0 Å². The average Bonchev–Trinajstić information content (AvgIpc) is 3.10. The highest BCUT2D eigenvalue weighted by molar-refractivity contribution is 7.87. The second kappa shape index (κ2) is 6.85. The molecule has 27 heavy (non-hydrogen) atoms. The maximum absolute atomic E-state index is 13.4. The topological polar surface area (TPSA) is 114 Å². The van der Waals surface area contributed by atoms with E-state index in [1.165, 1.54) is 0 Å². The Labute approximate surface area is 149 Å². The maximum atomic E-state index is 13.4. The Morgan fingerprint density at radius 3 is 2.33 bits per heavy atom. The van der Waals surface area contributed by atoms with Crippen molar-refractivity contribution in [3.05, 3.63) is 34.1 Å². The number of fused-ring (bicyclic) bond motifs is 1. The molecule has 3 rings (SSSR count). The Balaban J connectivity index is 1.73. The molecule has 0 aliphatic carbocycles. The molecule has 9 nitrogen and oxygen atoms in total. The van der Waals surface area contributed by atoms with Gasteiger partial charge in [0.2, 0.25) is 0 Å². The second-order valence-corrected chi connectivity index (χ2v) is 7.22. The first-order chi connectivity index (χ1) is 12.5. The van der Waals surface area contributed by atoms with Crippen LogP contribution in [0.4, 0.5) is 23.2 Å². The number of hydrogen-bond acceptors (Lipinski definition) is 8. The van der Waals surface area contributed by atoms with E-state index in [2.05, 4.69) is 4.18 Å². The molecule has 2 heterocycles.